The number of amides is 1. The van der Waals surface area contributed by atoms with Crippen molar-refractivity contribution in [3.8, 4) is 5.75 Å². The molecular formula is C16H13Cl2NO2S. The van der Waals surface area contributed by atoms with Gasteiger partial charge in [0, 0.05) is 11.3 Å². The highest BCUT2D eigenvalue weighted by atomic mass is 35.5. The highest BCUT2D eigenvalue weighted by Gasteiger charge is 2.35. The molecule has 1 heterocycles. The van der Waals surface area contributed by atoms with E-state index in [9.17, 15) is 4.79 Å². The minimum absolute atomic E-state index is 0.0410. The summed E-state index contributed by atoms with van der Waals surface area (Å²) < 4.78 is 5.42. The number of rotatable bonds is 3. The summed E-state index contributed by atoms with van der Waals surface area (Å²) in [5, 5.41) is 0.766. The molecule has 0 saturated carbocycles. The molecule has 1 aliphatic heterocycles. The summed E-state index contributed by atoms with van der Waals surface area (Å²) in [5.41, 5.74) is 1.70. The van der Waals surface area contributed by atoms with Crippen molar-refractivity contribution in [3.05, 3.63) is 58.1 Å². The van der Waals surface area contributed by atoms with Crippen LogP contribution in [0.5, 0.6) is 5.75 Å². The predicted octanol–water partition coefficient (Wildman–Crippen LogP) is 4.78. The Kier molecular flexibility index (Phi) is 4.52. The number of hydrogen-bond donors (Lipinski definition) is 0. The quantitative estimate of drug-likeness (QED) is 0.794. The fourth-order valence-electron chi connectivity index (χ4n) is 2.44. The van der Waals surface area contributed by atoms with Gasteiger partial charge in [-0.2, -0.15) is 0 Å². The number of carbonyl (C=O) groups is 1. The number of halogens is 2. The molecule has 114 valence electrons. The summed E-state index contributed by atoms with van der Waals surface area (Å²) in [5.74, 6) is 1.22. The summed E-state index contributed by atoms with van der Waals surface area (Å²) in [4.78, 5) is 14.1. The van der Waals surface area contributed by atoms with Crippen LogP contribution in [0.4, 0.5) is 5.69 Å². The Bertz CT molecular complexity index is 723. The van der Waals surface area contributed by atoms with Crippen molar-refractivity contribution in [2.24, 2.45) is 0 Å². The van der Waals surface area contributed by atoms with E-state index in [0.29, 0.717) is 15.8 Å². The van der Waals surface area contributed by atoms with Gasteiger partial charge in [-0.05, 0) is 24.3 Å². The molecule has 0 spiro atoms. The normalized spacial score (nSPS) is 17.9. The summed E-state index contributed by atoms with van der Waals surface area (Å²) in [7, 11) is 1.63. The van der Waals surface area contributed by atoms with Crippen LogP contribution in [-0.2, 0) is 4.79 Å². The smallest absolute Gasteiger partial charge is 0.238 e. The number of benzene rings is 2. The van der Waals surface area contributed by atoms with Crippen molar-refractivity contribution in [3.63, 3.8) is 0 Å². The van der Waals surface area contributed by atoms with E-state index in [-0.39, 0.29) is 11.3 Å². The van der Waals surface area contributed by atoms with Crippen LogP contribution in [0.15, 0.2) is 42.5 Å². The lowest BCUT2D eigenvalue weighted by atomic mass is 10.1. The number of para-hydroxylation sites is 1. The molecule has 0 aliphatic carbocycles. The first-order valence-electron chi connectivity index (χ1n) is 6.63. The van der Waals surface area contributed by atoms with Crippen molar-refractivity contribution >= 4 is 46.6 Å². The predicted molar refractivity (Wildman–Crippen MR) is 92.1 cm³/mol. The second kappa shape index (κ2) is 6.41. The number of carbonyl (C=O) groups excluding carboxylic acids is 1. The lowest BCUT2D eigenvalue weighted by molar-refractivity contribution is -0.115. The molecule has 2 aromatic carbocycles. The van der Waals surface area contributed by atoms with Gasteiger partial charge in [0.05, 0.1) is 22.9 Å². The zero-order valence-corrected chi connectivity index (χ0v) is 14.1. The van der Waals surface area contributed by atoms with Crippen LogP contribution in [-0.4, -0.2) is 18.8 Å². The SMILES string of the molecule is COc1ccccc1[C@H]1SCC(=O)N1c1ccc(Cl)c(Cl)c1. The van der Waals surface area contributed by atoms with Crippen LogP contribution < -0.4 is 9.64 Å². The number of ether oxygens (including phenoxy) is 1. The Hall–Kier alpha value is -1.36. The first-order chi connectivity index (χ1) is 10.6. The number of anilines is 1. The van der Waals surface area contributed by atoms with Gasteiger partial charge < -0.3 is 4.74 Å². The molecule has 2 aromatic rings. The average Bonchev–Trinajstić information content (AvgIpc) is 2.91. The largest absolute Gasteiger partial charge is 0.496 e. The standard InChI is InChI=1S/C16H13Cl2NO2S/c1-21-14-5-3-2-4-11(14)16-19(15(20)9-22-16)10-6-7-12(17)13(18)8-10/h2-8,16H,9H2,1H3/t16-/m1/s1. The minimum Gasteiger partial charge on any atom is -0.496 e. The highest BCUT2D eigenvalue weighted by molar-refractivity contribution is 8.00. The number of methoxy groups -OCH3 is 1. The zero-order valence-electron chi connectivity index (χ0n) is 11.8. The third-order valence-electron chi connectivity index (χ3n) is 3.45. The Morgan fingerprint density at radius 3 is 2.68 bits per heavy atom. The summed E-state index contributed by atoms with van der Waals surface area (Å²) in [6, 6.07) is 12.9. The molecule has 3 nitrogen and oxygen atoms in total. The third-order valence-corrected chi connectivity index (χ3v) is 5.39. The summed E-state index contributed by atoms with van der Waals surface area (Å²) in [6.45, 7) is 0. The zero-order chi connectivity index (χ0) is 15.7. The third kappa shape index (κ3) is 2.78. The molecule has 1 aliphatic rings. The lowest BCUT2D eigenvalue weighted by Crippen LogP contribution is -2.28. The Morgan fingerprint density at radius 2 is 1.95 bits per heavy atom. The molecule has 0 unspecified atom stereocenters. The van der Waals surface area contributed by atoms with Crippen LogP contribution in [0.1, 0.15) is 10.9 Å². The van der Waals surface area contributed by atoms with Crippen molar-refractivity contribution < 1.29 is 9.53 Å². The van der Waals surface area contributed by atoms with E-state index in [0.717, 1.165) is 17.0 Å². The van der Waals surface area contributed by atoms with Crippen molar-refractivity contribution in [2.45, 2.75) is 5.37 Å². The van der Waals surface area contributed by atoms with Gasteiger partial charge in [0.2, 0.25) is 5.91 Å². The number of hydrogen-bond acceptors (Lipinski definition) is 3. The molecule has 6 heteroatoms. The molecule has 0 N–H and O–H groups in total. The van der Waals surface area contributed by atoms with Crippen molar-refractivity contribution in [1.82, 2.24) is 0 Å². The van der Waals surface area contributed by atoms with E-state index < -0.39 is 0 Å². The minimum atomic E-state index is -0.138. The maximum atomic E-state index is 12.3. The van der Waals surface area contributed by atoms with Crippen molar-refractivity contribution in [1.29, 1.82) is 0 Å². The van der Waals surface area contributed by atoms with Gasteiger partial charge >= 0.3 is 0 Å². The fraction of sp³-hybridized carbons (Fsp3) is 0.188. The Morgan fingerprint density at radius 1 is 1.18 bits per heavy atom. The van der Waals surface area contributed by atoms with Gasteiger partial charge in [-0.1, -0.05) is 41.4 Å². The first kappa shape index (κ1) is 15.5. The van der Waals surface area contributed by atoms with E-state index in [1.54, 1.807) is 42.0 Å². The van der Waals surface area contributed by atoms with E-state index in [2.05, 4.69) is 0 Å². The molecule has 0 radical (unpaired) electrons. The lowest BCUT2D eigenvalue weighted by Gasteiger charge is -2.25. The molecule has 1 fully saturated rings. The van der Waals surface area contributed by atoms with Gasteiger partial charge in [0.1, 0.15) is 11.1 Å². The molecule has 22 heavy (non-hydrogen) atoms. The van der Waals surface area contributed by atoms with E-state index in [4.69, 9.17) is 27.9 Å². The number of nitrogens with zero attached hydrogens (tertiary/aromatic N) is 1. The van der Waals surface area contributed by atoms with Crippen LogP contribution in [0.2, 0.25) is 10.0 Å². The molecule has 3 rings (SSSR count). The van der Waals surface area contributed by atoms with E-state index >= 15 is 0 Å². The average molecular weight is 354 g/mol. The second-order valence-electron chi connectivity index (χ2n) is 4.77. The topological polar surface area (TPSA) is 29.5 Å². The molecule has 1 atom stereocenters. The number of thioether (sulfide) groups is 1. The monoisotopic (exact) mass is 353 g/mol. The Labute approximate surface area is 143 Å². The van der Waals surface area contributed by atoms with Gasteiger partial charge in [-0.15, -0.1) is 11.8 Å². The van der Waals surface area contributed by atoms with Crippen LogP contribution in [0.25, 0.3) is 0 Å². The fourth-order valence-corrected chi connectivity index (χ4v) is 3.93. The van der Waals surface area contributed by atoms with E-state index in [1.165, 1.54) is 0 Å². The maximum absolute atomic E-state index is 12.3. The maximum Gasteiger partial charge on any atom is 0.238 e. The molecule has 0 bridgehead atoms. The van der Waals surface area contributed by atoms with Gasteiger partial charge in [-0.3, -0.25) is 9.69 Å². The molecule has 1 saturated heterocycles. The summed E-state index contributed by atoms with van der Waals surface area (Å²) in [6.07, 6.45) is 0. The second-order valence-corrected chi connectivity index (χ2v) is 6.65. The van der Waals surface area contributed by atoms with Gasteiger partial charge in [0.15, 0.2) is 0 Å². The molecule has 0 aromatic heterocycles. The van der Waals surface area contributed by atoms with Gasteiger partial charge in [0.25, 0.3) is 0 Å². The highest BCUT2D eigenvalue weighted by Crippen LogP contribution is 2.45. The Balaban J connectivity index is 2.04. The van der Waals surface area contributed by atoms with Crippen molar-refractivity contribution in [2.75, 3.05) is 17.8 Å². The van der Waals surface area contributed by atoms with E-state index in [1.807, 2.05) is 24.3 Å². The van der Waals surface area contributed by atoms with Crippen LogP contribution >= 0.6 is 35.0 Å². The van der Waals surface area contributed by atoms with Crippen LogP contribution in [0.3, 0.4) is 0 Å². The van der Waals surface area contributed by atoms with Crippen LogP contribution in [0, 0.1) is 0 Å². The van der Waals surface area contributed by atoms with Gasteiger partial charge in [-0.25, -0.2) is 0 Å². The first-order valence-corrected chi connectivity index (χ1v) is 8.44. The molecule has 1 amide bonds. The summed E-state index contributed by atoms with van der Waals surface area (Å²) >= 11 is 13.6. The molecular weight excluding hydrogens is 341 g/mol.